The summed E-state index contributed by atoms with van der Waals surface area (Å²) in [4.78, 5) is 20.9. The quantitative estimate of drug-likeness (QED) is 0.666. The van der Waals surface area contributed by atoms with Gasteiger partial charge in [0.2, 0.25) is 6.41 Å². The minimum absolute atomic E-state index is 0. The minimum Gasteiger partial charge on any atom is -0.465 e. The highest BCUT2D eigenvalue weighted by atomic mass is 35.5. The Kier molecular flexibility index (Phi) is 8.58. The average Bonchev–Trinajstić information content (AvgIpc) is 1.89. The molecule has 5 heteroatoms. The van der Waals surface area contributed by atoms with Gasteiger partial charge in [0.1, 0.15) is 0 Å². The van der Waals surface area contributed by atoms with Gasteiger partial charge in [-0.1, -0.05) is 13.3 Å². The van der Waals surface area contributed by atoms with E-state index in [4.69, 9.17) is 5.11 Å². The van der Waals surface area contributed by atoms with E-state index in [0.717, 1.165) is 17.7 Å². The zero-order chi connectivity index (χ0) is 7.98. The summed E-state index contributed by atoms with van der Waals surface area (Å²) >= 11 is 0. The first-order valence-corrected chi connectivity index (χ1v) is 3.17. The SMILES string of the molecule is CCCCN(C=O)C(=O)O.Cl. The number of carbonyl (C=O) groups excluding carboxylic acids is 1. The number of nitrogens with zero attached hydrogens (tertiary/aromatic N) is 1. The molecule has 0 aliphatic heterocycles. The lowest BCUT2D eigenvalue weighted by Gasteiger charge is -2.08. The molecule has 1 N–H and O–H groups in total. The van der Waals surface area contributed by atoms with E-state index in [1.807, 2.05) is 6.92 Å². The molecule has 11 heavy (non-hydrogen) atoms. The van der Waals surface area contributed by atoms with Crippen molar-refractivity contribution in [3.8, 4) is 0 Å². The highest BCUT2D eigenvalue weighted by molar-refractivity contribution is 5.85. The fourth-order valence-corrected chi connectivity index (χ4v) is 0.522. The number of unbranched alkanes of at least 4 members (excludes halogenated alkanes) is 1. The normalized spacial score (nSPS) is 8.09. The van der Waals surface area contributed by atoms with Gasteiger partial charge in [-0.2, -0.15) is 0 Å². The van der Waals surface area contributed by atoms with Gasteiger partial charge in [0.25, 0.3) is 0 Å². The van der Waals surface area contributed by atoms with Crippen LogP contribution < -0.4 is 0 Å². The molecule has 0 saturated carbocycles. The molecular weight excluding hydrogens is 170 g/mol. The summed E-state index contributed by atoms with van der Waals surface area (Å²) in [7, 11) is 0. The van der Waals surface area contributed by atoms with Crippen LogP contribution >= 0.6 is 12.4 Å². The van der Waals surface area contributed by atoms with Crippen LogP contribution in [0.2, 0.25) is 0 Å². The molecular formula is C6H12ClNO3. The van der Waals surface area contributed by atoms with Crippen molar-refractivity contribution in [1.82, 2.24) is 4.90 Å². The summed E-state index contributed by atoms with van der Waals surface area (Å²) in [5, 5.41) is 8.29. The second-order valence-corrected chi connectivity index (χ2v) is 1.93. The highest BCUT2D eigenvalue weighted by Crippen LogP contribution is 1.91. The molecule has 0 bridgehead atoms. The smallest absolute Gasteiger partial charge is 0.413 e. The third kappa shape index (κ3) is 5.66. The van der Waals surface area contributed by atoms with Crippen LogP contribution in [-0.2, 0) is 4.79 Å². The Morgan fingerprint density at radius 1 is 1.64 bits per heavy atom. The zero-order valence-corrected chi connectivity index (χ0v) is 7.13. The number of carbonyl (C=O) groups is 2. The van der Waals surface area contributed by atoms with Crippen molar-refractivity contribution in [2.24, 2.45) is 0 Å². The summed E-state index contributed by atoms with van der Waals surface area (Å²) < 4.78 is 0. The van der Waals surface area contributed by atoms with Gasteiger partial charge in [-0.15, -0.1) is 12.4 Å². The molecule has 0 spiro atoms. The summed E-state index contributed by atoms with van der Waals surface area (Å²) in [6.45, 7) is 2.24. The fourth-order valence-electron chi connectivity index (χ4n) is 0.522. The molecule has 4 nitrogen and oxygen atoms in total. The number of hydrogen-bond donors (Lipinski definition) is 1. The summed E-state index contributed by atoms with van der Waals surface area (Å²) in [6, 6.07) is 0. The maximum absolute atomic E-state index is 10.1. The van der Waals surface area contributed by atoms with E-state index in [2.05, 4.69) is 0 Å². The lowest BCUT2D eigenvalue weighted by Crippen LogP contribution is -2.28. The van der Waals surface area contributed by atoms with E-state index in [0.29, 0.717) is 13.0 Å². The van der Waals surface area contributed by atoms with Gasteiger partial charge in [0, 0.05) is 6.54 Å². The van der Waals surface area contributed by atoms with Crippen molar-refractivity contribution in [2.75, 3.05) is 6.54 Å². The molecule has 0 atom stereocenters. The first-order chi connectivity index (χ1) is 4.72. The van der Waals surface area contributed by atoms with Crippen molar-refractivity contribution in [1.29, 1.82) is 0 Å². The van der Waals surface area contributed by atoms with Crippen LogP contribution in [0.1, 0.15) is 19.8 Å². The summed E-state index contributed by atoms with van der Waals surface area (Å²) in [6.07, 6.45) is 0.768. The van der Waals surface area contributed by atoms with Gasteiger partial charge in [-0.25, -0.2) is 4.79 Å². The Bertz CT molecular complexity index is 129. The zero-order valence-electron chi connectivity index (χ0n) is 6.32. The third-order valence-corrected chi connectivity index (χ3v) is 1.13. The Morgan fingerprint density at radius 2 is 2.18 bits per heavy atom. The van der Waals surface area contributed by atoms with E-state index in [1.54, 1.807) is 0 Å². The lowest BCUT2D eigenvalue weighted by atomic mass is 10.3. The maximum atomic E-state index is 10.1. The Labute approximate surface area is 71.6 Å². The van der Waals surface area contributed by atoms with Gasteiger partial charge >= 0.3 is 6.09 Å². The van der Waals surface area contributed by atoms with Crippen molar-refractivity contribution in [2.45, 2.75) is 19.8 Å². The van der Waals surface area contributed by atoms with Crippen molar-refractivity contribution in [3.05, 3.63) is 0 Å². The van der Waals surface area contributed by atoms with Gasteiger partial charge < -0.3 is 5.11 Å². The monoisotopic (exact) mass is 181 g/mol. The van der Waals surface area contributed by atoms with E-state index >= 15 is 0 Å². The second kappa shape index (κ2) is 7.34. The van der Waals surface area contributed by atoms with Crippen LogP contribution in [-0.4, -0.2) is 29.1 Å². The van der Waals surface area contributed by atoms with Gasteiger partial charge in [0.15, 0.2) is 0 Å². The molecule has 0 aliphatic rings. The largest absolute Gasteiger partial charge is 0.465 e. The maximum Gasteiger partial charge on any atom is 0.413 e. The molecule has 0 fully saturated rings. The lowest BCUT2D eigenvalue weighted by molar-refractivity contribution is -0.116. The molecule has 0 unspecified atom stereocenters. The number of amides is 2. The number of carboxylic acid groups (broad SMARTS) is 1. The number of imide groups is 1. The number of halogens is 1. The first-order valence-electron chi connectivity index (χ1n) is 3.17. The van der Waals surface area contributed by atoms with Gasteiger partial charge in [-0.3, -0.25) is 9.69 Å². The minimum atomic E-state index is -1.18. The number of rotatable bonds is 4. The molecule has 2 amide bonds. The van der Waals surface area contributed by atoms with Crippen LogP contribution in [0, 0.1) is 0 Å². The fraction of sp³-hybridized carbons (Fsp3) is 0.667. The van der Waals surface area contributed by atoms with E-state index in [1.165, 1.54) is 0 Å². The topological polar surface area (TPSA) is 57.6 Å². The van der Waals surface area contributed by atoms with Crippen molar-refractivity contribution < 1.29 is 14.7 Å². The van der Waals surface area contributed by atoms with Gasteiger partial charge in [-0.05, 0) is 6.42 Å². The standard InChI is InChI=1S/C6H11NO3.ClH/c1-2-3-4-7(5-8)6(9)10;/h5H,2-4H2,1H3,(H,9,10);1H. The Morgan fingerprint density at radius 3 is 2.45 bits per heavy atom. The van der Waals surface area contributed by atoms with Crippen molar-refractivity contribution in [3.63, 3.8) is 0 Å². The summed E-state index contributed by atoms with van der Waals surface area (Å²) in [5.74, 6) is 0. The number of hydrogen-bond acceptors (Lipinski definition) is 2. The molecule has 0 saturated heterocycles. The van der Waals surface area contributed by atoms with Crippen molar-refractivity contribution >= 4 is 24.9 Å². The molecule has 0 aromatic carbocycles. The predicted molar refractivity (Wildman–Crippen MR) is 43.0 cm³/mol. The first kappa shape index (κ1) is 12.9. The molecule has 66 valence electrons. The second-order valence-electron chi connectivity index (χ2n) is 1.93. The highest BCUT2D eigenvalue weighted by Gasteiger charge is 2.07. The Balaban J connectivity index is 0. The molecule has 0 aromatic rings. The van der Waals surface area contributed by atoms with Gasteiger partial charge in [0.05, 0.1) is 0 Å². The van der Waals surface area contributed by atoms with E-state index in [9.17, 15) is 9.59 Å². The van der Waals surface area contributed by atoms with Crippen LogP contribution in [0.25, 0.3) is 0 Å². The van der Waals surface area contributed by atoms with Crippen LogP contribution in [0.5, 0.6) is 0 Å². The van der Waals surface area contributed by atoms with Crippen LogP contribution in [0.4, 0.5) is 4.79 Å². The van der Waals surface area contributed by atoms with Crippen LogP contribution in [0.3, 0.4) is 0 Å². The summed E-state index contributed by atoms with van der Waals surface area (Å²) in [5.41, 5.74) is 0. The van der Waals surface area contributed by atoms with E-state index < -0.39 is 6.09 Å². The third-order valence-electron chi connectivity index (χ3n) is 1.13. The molecule has 0 aliphatic carbocycles. The van der Waals surface area contributed by atoms with E-state index in [-0.39, 0.29) is 12.4 Å². The molecule has 0 aromatic heterocycles. The molecule has 0 heterocycles. The van der Waals surface area contributed by atoms with Crippen LogP contribution in [0.15, 0.2) is 0 Å². The molecule has 0 rings (SSSR count). The Hall–Kier alpha value is -0.770. The molecule has 0 radical (unpaired) electrons. The average molecular weight is 182 g/mol. The predicted octanol–water partition coefficient (Wildman–Crippen LogP) is 1.34.